The van der Waals surface area contributed by atoms with Gasteiger partial charge in [-0.05, 0) is 37.0 Å². The molecule has 94 valence electrons. The van der Waals surface area contributed by atoms with Gasteiger partial charge in [-0.25, -0.2) is 0 Å². The summed E-state index contributed by atoms with van der Waals surface area (Å²) in [5.74, 6) is 0.805. The minimum absolute atomic E-state index is 0.0332. The number of hydrogen-bond donors (Lipinski definition) is 2. The molecule has 2 saturated carbocycles. The van der Waals surface area contributed by atoms with Crippen LogP contribution in [0.3, 0.4) is 0 Å². The highest BCUT2D eigenvalue weighted by molar-refractivity contribution is 4.93. The second-order valence-electron chi connectivity index (χ2n) is 6.85. The summed E-state index contributed by atoms with van der Waals surface area (Å²) in [4.78, 5) is 0. The molecule has 16 heavy (non-hydrogen) atoms. The maximum absolute atomic E-state index is 9.33. The van der Waals surface area contributed by atoms with Crippen molar-refractivity contribution in [2.24, 2.45) is 11.3 Å². The monoisotopic (exact) mass is 225 g/mol. The van der Waals surface area contributed by atoms with Crippen molar-refractivity contribution in [2.45, 2.75) is 77.5 Å². The summed E-state index contributed by atoms with van der Waals surface area (Å²) < 4.78 is 0. The number of aliphatic hydroxyl groups is 1. The molecule has 0 bridgehead atoms. The molecule has 0 heterocycles. The fourth-order valence-electron chi connectivity index (χ4n) is 3.39. The number of hydrogen-bond acceptors (Lipinski definition) is 2. The van der Waals surface area contributed by atoms with E-state index in [-0.39, 0.29) is 6.10 Å². The van der Waals surface area contributed by atoms with Gasteiger partial charge < -0.3 is 10.4 Å². The predicted octanol–water partition coefficient (Wildman–Crippen LogP) is 2.70. The highest BCUT2D eigenvalue weighted by Gasteiger charge is 2.37. The molecule has 2 aliphatic rings. The summed E-state index contributed by atoms with van der Waals surface area (Å²) in [6.45, 7) is 7.11. The molecule has 0 saturated heterocycles. The van der Waals surface area contributed by atoms with Crippen molar-refractivity contribution in [3.05, 3.63) is 0 Å². The van der Waals surface area contributed by atoms with Crippen molar-refractivity contribution in [1.82, 2.24) is 5.32 Å². The van der Waals surface area contributed by atoms with Crippen molar-refractivity contribution in [1.29, 1.82) is 0 Å². The Kier molecular flexibility index (Phi) is 3.60. The maximum atomic E-state index is 9.33. The molecule has 0 aromatic rings. The van der Waals surface area contributed by atoms with Crippen molar-refractivity contribution in [3.8, 4) is 0 Å². The van der Waals surface area contributed by atoms with Crippen LogP contribution in [0.4, 0.5) is 0 Å². The van der Waals surface area contributed by atoms with Crippen LogP contribution >= 0.6 is 0 Å². The molecule has 2 atom stereocenters. The Morgan fingerprint density at radius 3 is 2.25 bits per heavy atom. The maximum Gasteiger partial charge on any atom is 0.0570 e. The zero-order valence-electron chi connectivity index (χ0n) is 11.0. The van der Waals surface area contributed by atoms with Gasteiger partial charge in [0.05, 0.1) is 6.10 Å². The summed E-state index contributed by atoms with van der Waals surface area (Å²) in [6, 6.07) is 1.27. The predicted molar refractivity (Wildman–Crippen MR) is 67.4 cm³/mol. The van der Waals surface area contributed by atoms with Gasteiger partial charge in [-0.2, -0.15) is 0 Å². The third kappa shape index (κ3) is 2.78. The van der Waals surface area contributed by atoms with Gasteiger partial charge in [-0.3, -0.25) is 0 Å². The lowest BCUT2D eigenvalue weighted by Gasteiger charge is -2.45. The van der Waals surface area contributed by atoms with Crippen LogP contribution in [0.25, 0.3) is 0 Å². The van der Waals surface area contributed by atoms with Crippen LogP contribution in [-0.2, 0) is 0 Å². The summed E-state index contributed by atoms with van der Waals surface area (Å²) in [6.07, 6.45) is 7.37. The molecule has 2 rings (SSSR count). The first-order valence-electron chi connectivity index (χ1n) is 6.91. The van der Waals surface area contributed by atoms with Crippen LogP contribution in [0.1, 0.15) is 59.3 Å². The third-order valence-electron chi connectivity index (χ3n) is 4.44. The van der Waals surface area contributed by atoms with Gasteiger partial charge in [-0.15, -0.1) is 0 Å². The quantitative estimate of drug-likeness (QED) is 0.757. The van der Waals surface area contributed by atoms with E-state index in [0.717, 1.165) is 18.8 Å². The molecule has 0 radical (unpaired) electrons. The topological polar surface area (TPSA) is 32.3 Å². The summed E-state index contributed by atoms with van der Waals surface area (Å²) in [7, 11) is 0. The molecule has 2 fully saturated rings. The lowest BCUT2D eigenvalue weighted by Crippen LogP contribution is -2.53. The van der Waals surface area contributed by atoms with Crippen molar-refractivity contribution < 1.29 is 5.11 Å². The van der Waals surface area contributed by atoms with E-state index in [9.17, 15) is 5.11 Å². The first kappa shape index (κ1) is 12.4. The molecule has 0 aliphatic heterocycles. The molecule has 2 N–H and O–H groups in total. The molecule has 2 unspecified atom stereocenters. The Morgan fingerprint density at radius 2 is 1.69 bits per heavy atom. The van der Waals surface area contributed by atoms with Gasteiger partial charge in [-0.1, -0.05) is 33.6 Å². The van der Waals surface area contributed by atoms with Gasteiger partial charge in [0.2, 0.25) is 0 Å². The van der Waals surface area contributed by atoms with Gasteiger partial charge in [0, 0.05) is 12.1 Å². The Morgan fingerprint density at radius 1 is 1.06 bits per heavy atom. The minimum atomic E-state index is -0.0332. The molecular weight excluding hydrogens is 198 g/mol. The van der Waals surface area contributed by atoms with Crippen molar-refractivity contribution in [3.63, 3.8) is 0 Å². The van der Waals surface area contributed by atoms with Crippen LogP contribution in [-0.4, -0.2) is 23.3 Å². The zero-order valence-corrected chi connectivity index (χ0v) is 11.0. The number of rotatable bonds is 2. The summed E-state index contributed by atoms with van der Waals surface area (Å²) in [5.41, 5.74) is 0.417. The largest absolute Gasteiger partial charge is 0.393 e. The number of nitrogens with one attached hydrogen (secondary N) is 1. The van der Waals surface area contributed by atoms with E-state index >= 15 is 0 Å². The Hall–Kier alpha value is -0.0800. The Balaban J connectivity index is 1.89. The standard InChI is InChI=1S/C14H27NO/c1-14(2,3)12-6-4-5-7-13(12)15-10-8-11(16)9-10/h10-13,15-16H,4-9H2,1-3H3. The van der Waals surface area contributed by atoms with E-state index in [0.29, 0.717) is 17.5 Å². The summed E-state index contributed by atoms with van der Waals surface area (Å²) >= 11 is 0. The summed E-state index contributed by atoms with van der Waals surface area (Å²) in [5, 5.41) is 13.1. The van der Waals surface area contributed by atoms with Gasteiger partial charge >= 0.3 is 0 Å². The van der Waals surface area contributed by atoms with Crippen LogP contribution < -0.4 is 5.32 Å². The third-order valence-corrected chi connectivity index (χ3v) is 4.44. The van der Waals surface area contributed by atoms with E-state index in [2.05, 4.69) is 26.1 Å². The molecule has 0 aromatic carbocycles. The van der Waals surface area contributed by atoms with E-state index in [1.165, 1.54) is 25.7 Å². The highest BCUT2D eigenvalue weighted by Crippen LogP contribution is 2.38. The fourth-order valence-corrected chi connectivity index (χ4v) is 3.39. The van der Waals surface area contributed by atoms with E-state index in [1.54, 1.807) is 0 Å². The van der Waals surface area contributed by atoms with Crippen LogP contribution in [0.2, 0.25) is 0 Å². The first-order valence-corrected chi connectivity index (χ1v) is 6.91. The fraction of sp³-hybridized carbons (Fsp3) is 1.00. The van der Waals surface area contributed by atoms with Crippen molar-refractivity contribution in [2.75, 3.05) is 0 Å². The second kappa shape index (κ2) is 4.66. The molecular formula is C14H27NO. The van der Waals surface area contributed by atoms with E-state index < -0.39 is 0 Å². The smallest absolute Gasteiger partial charge is 0.0570 e. The minimum Gasteiger partial charge on any atom is -0.393 e. The zero-order chi connectivity index (χ0) is 11.8. The first-order chi connectivity index (χ1) is 7.47. The van der Waals surface area contributed by atoms with Crippen LogP contribution in [0, 0.1) is 11.3 Å². The van der Waals surface area contributed by atoms with Crippen molar-refractivity contribution >= 4 is 0 Å². The lowest BCUT2D eigenvalue weighted by molar-refractivity contribution is 0.0389. The average Bonchev–Trinajstić information content (AvgIpc) is 2.14. The van der Waals surface area contributed by atoms with E-state index in [1.807, 2.05) is 0 Å². The lowest BCUT2D eigenvalue weighted by atomic mass is 9.69. The van der Waals surface area contributed by atoms with Crippen LogP contribution in [0.5, 0.6) is 0 Å². The molecule has 2 nitrogen and oxygen atoms in total. The normalized spacial score (nSPS) is 40.5. The van der Waals surface area contributed by atoms with Crippen LogP contribution in [0.15, 0.2) is 0 Å². The molecule has 0 amide bonds. The van der Waals surface area contributed by atoms with E-state index in [4.69, 9.17) is 0 Å². The average molecular weight is 225 g/mol. The van der Waals surface area contributed by atoms with Gasteiger partial charge in [0.25, 0.3) is 0 Å². The molecule has 0 spiro atoms. The SMILES string of the molecule is CC(C)(C)C1CCCCC1NC1CC(O)C1. The molecule has 2 heteroatoms. The Labute approximate surface area is 99.8 Å². The van der Waals surface area contributed by atoms with Gasteiger partial charge in [0.15, 0.2) is 0 Å². The van der Waals surface area contributed by atoms with Gasteiger partial charge in [0.1, 0.15) is 0 Å². The Bertz CT molecular complexity index is 227. The highest BCUT2D eigenvalue weighted by atomic mass is 16.3. The number of aliphatic hydroxyl groups excluding tert-OH is 1. The molecule has 2 aliphatic carbocycles. The molecule has 0 aromatic heterocycles. The second-order valence-corrected chi connectivity index (χ2v) is 6.85.